The van der Waals surface area contributed by atoms with Gasteiger partial charge in [0.2, 0.25) is 5.91 Å². The van der Waals surface area contributed by atoms with E-state index in [-0.39, 0.29) is 23.4 Å². The molecule has 20 heavy (non-hydrogen) atoms. The second-order valence-electron chi connectivity index (χ2n) is 6.17. The Kier molecular flexibility index (Phi) is 4.45. The molecule has 3 N–H and O–H groups in total. The maximum absolute atomic E-state index is 12.2. The van der Waals surface area contributed by atoms with Crippen LogP contribution in [0.4, 0.5) is 0 Å². The van der Waals surface area contributed by atoms with Gasteiger partial charge in [-0.2, -0.15) is 0 Å². The summed E-state index contributed by atoms with van der Waals surface area (Å²) in [6, 6.07) is 9.92. The first-order valence-corrected chi connectivity index (χ1v) is 7.18. The molecule has 4 nitrogen and oxygen atoms in total. The van der Waals surface area contributed by atoms with Crippen LogP contribution in [0, 0.1) is 0 Å². The Morgan fingerprint density at radius 3 is 2.60 bits per heavy atom. The van der Waals surface area contributed by atoms with Gasteiger partial charge in [0.1, 0.15) is 0 Å². The first kappa shape index (κ1) is 15.0. The summed E-state index contributed by atoms with van der Waals surface area (Å²) >= 11 is 0. The molecule has 1 aliphatic rings. The van der Waals surface area contributed by atoms with Gasteiger partial charge in [-0.25, -0.2) is 0 Å². The molecule has 1 amide bonds. The minimum Gasteiger partial charge on any atom is -0.392 e. The zero-order valence-corrected chi connectivity index (χ0v) is 12.4. The van der Waals surface area contributed by atoms with Crippen LogP contribution in [0.3, 0.4) is 0 Å². The molecule has 4 heteroatoms. The van der Waals surface area contributed by atoms with Crippen molar-refractivity contribution in [1.29, 1.82) is 0 Å². The minimum absolute atomic E-state index is 0.0111. The maximum Gasteiger partial charge on any atom is 0.237 e. The molecule has 1 saturated heterocycles. The number of hydrogen-bond acceptors (Lipinski definition) is 3. The van der Waals surface area contributed by atoms with Crippen molar-refractivity contribution in [3.05, 3.63) is 35.9 Å². The van der Waals surface area contributed by atoms with E-state index in [1.165, 1.54) is 5.56 Å². The van der Waals surface area contributed by atoms with E-state index in [0.29, 0.717) is 13.0 Å². The molecule has 0 aliphatic carbocycles. The predicted molar refractivity (Wildman–Crippen MR) is 79.5 cm³/mol. The third-order valence-corrected chi connectivity index (χ3v) is 4.38. The lowest BCUT2D eigenvalue weighted by molar-refractivity contribution is -0.124. The number of aliphatic hydroxyl groups is 1. The Balaban J connectivity index is 2.00. The summed E-state index contributed by atoms with van der Waals surface area (Å²) in [7, 11) is 0. The van der Waals surface area contributed by atoms with Gasteiger partial charge in [0, 0.05) is 18.0 Å². The number of nitrogens with one attached hydrogen (secondary N) is 2. The predicted octanol–water partition coefficient (Wildman–Crippen LogP) is 1.19. The van der Waals surface area contributed by atoms with E-state index in [1.54, 1.807) is 0 Å². The highest BCUT2D eigenvalue weighted by Crippen LogP contribution is 2.27. The van der Waals surface area contributed by atoms with E-state index in [1.807, 2.05) is 25.1 Å². The van der Waals surface area contributed by atoms with Crippen molar-refractivity contribution in [2.24, 2.45) is 0 Å². The van der Waals surface area contributed by atoms with Crippen molar-refractivity contribution >= 4 is 5.91 Å². The van der Waals surface area contributed by atoms with Crippen molar-refractivity contribution in [2.75, 3.05) is 6.54 Å². The molecule has 1 aliphatic heterocycles. The third kappa shape index (κ3) is 3.19. The molecule has 0 spiro atoms. The van der Waals surface area contributed by atoms with Crippen molar-refractivity contribution in [3.8, 4) is 0 Å². The van der Waals surface area contributed by atoms with E-state index in [9.17, 15) is 9.90 Å². The van der Waals surface area contributed by atoms with Gasteiger partial charge in [0.15, 0.2) is 0 Å². The van der Waals surface area contributed by atoms with E-state index in [4.69, 9.17) is 0 Å². The molecule has 0 saturated carbocycles. The summed E-state index contributed by atoms with van der Waals surface area (Å²) in [4.78, 5) is 12.2. The Hall–Kier alpha value is -1.39. The van der Waals surface area contributed by atoms with Gasteiger partial charge >= 0.3 is 0 Å². The third-order valence-electron chi connectivity index (χ3n) is 4.38. The topological polar surface area (TPSA) is 61.4 Å². The summed E-state index contributed by atoms with van der Waals surface area (Å²) in [5.74, 6) is -0.0296. The van der Waals surface area contributed by atoms with Crippen molar-refractivity contribution in [2.45, 2.75) is 50.8 Å². The second-order valence-corrected chi connectivity index (χ2v) is 6.17. The molecular formula is C16H24N2O2. The van der Waals surface area contributed by atoms with Gasteiger partial charge in [-0.15, -0.1) is 0 Å². The van der Waals surface area contributed by atoms with E-state index >= 15 is 0 Å². The van der Waals surface area contributed by atoms with Crippen LogP contribution in [0.2, 0.25) is 0 Å². The monoisotopic (exact) mass is 276 g/mol. The fraction of sp³-hybridized carbons (Fsp3) is 0.562. The van der Waals surface area contributed by atoms with E-state index < -0.39 is 6.10 Å². The molecule has 0 bridgehead atoms. The largest absolute Gasteiger partial charge is 0.392 e. The van der Waals surface area contributed by atoms with Gasteiger partial charge < -0.3 is 15.7 Å². The number of carbonyl (C=O) groups excluding carboxylic acids is 1. The molecule has 1 aromatic carbocycles. The lowest BCUT2D eigenvalue weighted by Crippen LogP contribution is -2.50. The van der Waals surface area contributed by atoms with Crippen LogP contribution in [0.5, 0.6) is 0 Å². The van der Waals surface area contributed by atoms with E-state index in [2.05, 4.69) is 36.6 Å². The van der Waals surface area contributed by atoms with Crippen molar-refractivity contribution in [1.82, 2.24) is 10.6 Å². The lowest BCUT2D eigenvalue weighted by atomic mass is 9.78. The van der Waals surface area contributed by atoms with Crippen LogP contribution < -0.4 is 10.6 Å². The number of hydrogen-bond donors (Lipinski definition) is 3. The fourth-order valence-electron chi connectivity index (χ4n) is 2.53. The normalized spacial score (nSPS) is 24.4. The minimum atomic E-state index is -0.414. The SMILES string of the molecule is CC(NC(=O)C1CC(O)CN1)C(C)(C)c1ccccc1. The molecule has 1 fully saturated rings. The number of amides is 1. The van der Waals surface area contributed by atoms with Gasteiger partial charge in [0.25, 0.3) is 0 Å². The Labute approximate surface area is 120 Å². The zero-order valence-electron chi connectivity index (χ0n) is 12.4. The van der Waals surface area contributed by atoms with Gasteiger partial charge in [0.05, 0.1) is 12.1 Å². The quantitative estimate of drug-likeness (QED) is 0.774. The molecule has 1 aromatic rings. The standard InChI is InChI=1S/C16H24N2O2/c1-11(16(2,3)12-7-5-4-6-8-12)18-15(20)14-9-13(19)10-17-14/h4-8,11,13-14,17,19H,9-10H2,1-3H3,(H,18,20). The number of carbonyl (C=O) groups is 1. The highest BCUT2D eigenvalue weighted by molar-refractivity contribution is 5.82. The molecule has 0 radical (unpaired) electrons. The van der Waals surface area contributed by atoms with Crippen LogP contribution in [0.15, 0.2) is 30.3 Å². The van der Waals surface area contributed by atoms with Gasteiger partial charge in [-0.1, -0.05) is 44.2 Å². The molecule has 1 heterocycles. The van der Waals surface area contributed by atoms with Crippen LogP contribution in [0.25, 0.3) is 0 Å². The number of aliphatic hydroxyl groups excluding tert-OH is 1. The molecule has 2 rings (SSSR count). The van der Waals surface area contributed by atoms with Crippen LogP contribution in [0.1, 0.15) is 32.8 Å². The summed E-state index contributed by atoms with van der Waals surface area (Å²) in [6.45, 7) is 6.78. The number of rotatable bonds is 4. The van der Waals surface area contributed by atoms with Crippen LogP contribution in [-0.4, -0.2) is 35.7 Å². The fourth-order valence-corrected chi connectivity index (χ4v) is 2.53. The summed E-state index contributed by atoms with van der Waals surface area (Å²) in [5.41, 5.74) is 1.06. The Morgan fingerprint density at radius 1 is 1.40 bits per heavy atom. The first-order chi connectivity index (χ1) is 9.41. The molecule has 0 aromatic heterocycles. The summed E-state index contributed by atoms with van der Waals surface area (Å²) < 4.78 is 0. The Morgan fingerprint density at radius 2 is 2.05 bits per heavy atom. The molecule has 3 atom stereocenters. The van der Waals surface area contributed by atoms with Crippen LogP contribution >= 0.6 is 0 Å². The Bertz CT molecular complexity index is 459. The summed E-state index contributed by atoms with van der Waals surface area (Å²) in [5, 5.41) is 15.6. The average Bonchev–Trinajstić information content (AvgIpc) is 2.86. The molecular weight excluding hydrogens is 252 g/mol. The average molecular weight is 276 g/mol. The highest BCUT2D eigenvalue weighted by atomic mass is 16.3. The lowest BCUT2D eigenvalue weighted by Gasteiger charge is -2.33. The number of β-amino-alcohol motifs (C(OH)–C–C–N with tert-alkyl or cyclic N) is 1. The second kappa shape index (κ2) is 5.94. The zero-order chi connectivity index (χ0) is 14.8. The first-order valence-electron chi connectivity index (χ1n) is 7.18. The number of benzene rings is 1. The smallest absolute Gasteiger partial charge is 0.237 e. The van der Waals surface area contributed by atoms with Crippen LogP contribution in [-0.2, 0) is 10.2 Å². The summed E-state index contributed by atoms with van der Waals surface area (Å²) in [6.07, 6.45) is 0.0767. The maximum atomic E-state index is 12.2. The van der Waals surface area contributed by atoms with Gasteiger partial charge in [-0.3, -0.25) is 4.79 Å². The molecule has 110 valence electrons. The van der Waals surface area contributed by atoms with Crippen molar-refractivity contribution in [3.63, 3.8) is 0 Å². The molecule has 3 unspecified atom stereocenters. The highest BCUT2D eigenvalue weighted by Gasteiger charge is 2.33. The van der Waals surface area contributed by atoms with E-state index in [0.717, 1.165) is 0 Å². The van der Waals surface area contributed by atoms with Crippen molar-refractivity contribution < 1.29 is 9.90 Å². The van der Waals surface area contributed by atoms with Gasteiger partial charge in [-0.05, 0) is 18.9 Å².